The van der Waals surface area contributed by atoms with E-state index in [9.17, 15) is 0 Å². The Hall–Kier alpha value is 0.250. The van der Waals surface area contributed by atoms with E-state index in [4.69, 9.17) is 11.6 Å². The quantitative estimate of drug-likeness (QED) is 0.0579. The first-order chi connectivity index (χ1) is 19.6. The molecule has 0 rings (SSSR count). The summed E-state index contributed by atoms with van der Waals surface area (Å²) in [4.78, 5) is 0.0551. The summed E-state index contributed by atoms with van der Waals surface area (Å²) in [5, 5.41) is 0. The molecule has 0 saturated carbocycles. The Labute approximate surface area is 267 Å². The van der Waals surface area contributed by atoms with Crippen LogP contribution in [0.5, 0.6) is 0 Å². The highest BCUT2D eigenvalue weighted by molar-refractivity contribution is 6.24. The van der Waals surface area contributed by atoms with Gasteiger partial charge in [0, 0.05) is 4.87 Å². The Morgan fingerprint density at radius 3 is 0.854 bits per heavy atom. The van der Waals surface area contributed by atoms with Crippen molar-refractivity contribution >= 4 is 11.6 Å². The van der Waals surface area contributed by atoms with E-state index < -0.39 is 0 Å². The number of rotatable bonds is 34. The van der Waals surface area contributed by atoms with Crippen LogP contribution in [0.3, 0.4) is 0 Å². The van der Waals surface area contributed by atoms with Crippen molar-refractivity contribution in [3.63, 3.8) is 0 Å². The second kappa shape index (κ2) is 34.7. The molecule has 0 aromatic carbocycles. The largest absolute Gasteiger partial charge is 0.344 e. The molecule has 0 saturated heterocycles. The minimum Gasteiger partial charge on any atom is -0.344 e. The Morgan fingerprint density at radius 2 is 0.585 bits per heavy atom. The van der Waals surface area contributed by atoms with Gasteiger partial charge in [-0.05, 0) is 25.2 Å². The molecule has 41 heavy (non-hydrogen) atoms. The van der Waals surface area contributed by atoms with Crippen LogP contribution in [0.2, 0.25) is 0 Å². The lowest BCUT2D eigenvalue weighted by atomic mass is 9.80. The highest BCUT2D eigenvalue weighted by Gasteiger charge is 2.32. The van der Waals surface area contributed by atoms with Gasteiger partial charge in [0.15, 0.2) is 0 Å². The summed E-state index contributed by atoms with van der Waals surface area (Å²) < 4.78 is 0. The van der Waals surface area contributed by atoms with Crippen molar-refractivity contribution in [3.05, 3.63) is 0 Å². The molecule has 0 fully saturated rings. The van der Waals surface area contributed by atoms with Gasteiger partial charge in [-0.15, -0.1) is 11.6 Å². The summed E-state index contributed by atoms with van der Waals surface area (Å²) in [5.74, 6) is 0.667. The van der Waals surface area contributed by atoms with Crippen LogP contribution in [0, 0.1) is 5.92 Å². The molecule has 0 aromatic rings. The second-order valence-electron chi connectivity index (χ2n) is 13.8. The number of hydrogen-bond acceptors (Lipinski definition) is 1. The SMILES string of the molecule is CCCCCCCCCCCCC(C)C(Cl)(CCCCCCCCCCCC)CCCCCCCCCCCC.N. The standard InChI is InChI=1S/C39H79Cl.H3N/c1-5-8-11-14-17-20-23-26-29-32-35-38(4)39(40,36-33-30-27-24-21-18-15-12-9-6-2)37-34-31-28-25-22-19-16-13-10-7-3;/h38H,5-37H2,1-4H3;1H3. The van der Waals surface area contributed by atoms with E-state index in [0.29, 0.717) is 5.92 Å². The molecule has 0 aromatic heterocycles. The van der Waals surface area contributed by atoms with Gasteiger partial charge in [-0.2, -0.15) is 0 Å². The predicted molar refractivity (Wildman–Crippen MR) is 192 cm³/mol. The molecule has 2 heteroatoms. The van der Waals surface area contributed by atoms with Crippen LogP contribution in [0.4, 0.5) is 0 Å². The first-order valence-corrected chi connectivity index (χ1v) is 19.7. The summed E-state index contributed by atoms with van der Waals surface area (Å²) in [5.41, 5.74) is 0. The maximum absolute atomic E-state index is 7.53. The van der Waals surface area contributed by atoms with Crippen LogP contribution < -0.4 is 6.15 Å². The highest BCUT2D eigenvalue weighted by atomic mass is 35.5. The molecule has 0 spiro atoms. The Balaban J connectivity index is 0. The number of hydrogen-bond donors (Lipinski definition) is 1. The van der Waals surface area contributed by atoms with Crippen LogP contribution in [0.25, 0.3) is 0 Å². The molecule has 1 atom stereocenters. The molecule has 0 aliphatic carbocycles. The number of alkyl halides is 1. The summed E-state index contributed by atoms with van der Waals surface area (Å²) in [7, 11) is 0. The zero-order valence-corrected chi connectivity index (χ0v) is 30.3. The summed E-state index contributed by atoms with van der Waals surface area (Å²) in [6.07, 6.45) is 46.5. The zero-order chi connectivity index (χ0) is 29.4. The molecule has 1 unspecified atom stereocenters. The van der Waals surface area contributed by atoms with Gasteiger partial charge in [-0.1, -0.05) is 220 Å². The molecular weight excluding hydrogens is 518 g/mol. The third kappa shape index (κ3) is 30.1. The van der Waals surface area contributed by atoms with Crippen LogP contribution in [-0.2, 0) is 0 Å². The van der Waals surface area contributed by atoms with Gasteiger partial charge in [0.1, 0.15) is 0 Å². The fourth-order valence-corrected chi connectivity index (χ4v) is 7.00. The minimum atomic E-state index is 0. The predicted octanol–water partition coefficient (Wildman–Crippen LogP) is 15.7. The second-order valence-corrected chi connectivity index (χ2v) is 14.5. The van der Waals surface area contributed by atoms with E-state index >= 15 is 0 Å². The molecule has 0 aliphatic rings. The monoisotopic (exact) mass is 600 g/mol. The lowest BCUT2D eigenvalue weighted by Gasteiger charge is -2.34. The van der Waals surface area contributed by atoms with Crippen molar-refractivity contribution < 1.29 is 0 Å². The fraction of sp³-hybridized carbons (Fsp3) is 1.00. The normalized spacial score (nSPS) is 12.5. The van der Waals surface area contributed by atoms with Crippen molar-refractivity contribution in [2.75, 3.05) is 0 Å². The topological polar surface area (TPSA) is 35.0 Å². The smallest absolute Gasteiger partial charge is 0.0472 e. The van der Waals surface area contributed by atoms with Crippen LogP contribution in [-0.4, -0.2) is 4.87 Å². The van der Waals surface area contributed by atoms with Gasteiger partial charge in [-0.3, -0.25) is 0 Å². The fourth-order valence-electron chi connectivity index (χ4n) is 6.63. The van der Waals surface area contributed by atoms with Crippen LogP contribution >= 0.6 is 11.6 Å². The molecule has 1 nitrogen and oxygen atoms in total. The van der Waals surface area contributed by atoms with E-state index in [1.54, 1.807) is 0 Å². The Kier molecular flexibility index (Phi) is 36.8. The van der Waals surface area contributed by atoms with E-state index in [1.165, 1.54) is 212 Å². The molecule has 3 N–H and O–H groups in total. The summed E-state index contributed by atoms with van der Waals surface area (Å²) >= 11 is 7.53. The molecule has 0 amide bonds. The molecule has 0 radical (unpaired) electrons. The van der Waals surface area contributed by atoms with Crippen molar-refractivity contribution in [1.82, 2.24) is 6.15 Å². The molecule has 250 valence electrons. The zero-order valence-electron chi connectivity index (χ0n) is 29.5. The average molecular weight is 601 g/mol. The van der Waals surface area contributed by atoms with Crippen LogP contribution in [0.15, 0.2) is 0 Å². The van der Waals surface area contributed by atoms with Crippen molar-refractivity contribution in [2.24, 2.45) is 5.92 Å². The lowest BCUT2D eigenvalue weighted by Crippen LogP contribution is -2.30. The van der Waals surface area contributed by atoms with Gasteiger partial charge in [0.2, 0.25) is 0 Å². The highest BCUT2D eigenvalue weighted by Crippen LogP contribution is 2.39. The Morgan fingerprint density at radius 1 is 0.366 bits per heavy atom. The maximum Gasteiger partial charge on any atom is 0.0472 e. The van der Waals surface area contributed by atoms with Crippen molar-refractivity contribution in [1.29, 1.82) is 0 Å². The van der Waals surface area contributed by atoms with Crippen LogP contribution in [0.1, 0.15) is 240 Å². The first kappa shape index (κ1) is 43.4. The first-order valence-electron chi connectivity index (χ1n) is 19.3. The van der Waals surface area contributed by atoms with Gasteiger partial charge in [0.05, 0.1) is 0 Å². The third-order valence-electron chi connectivity index (χ3n) is 9.77. The Bertz CT molecular complexity index is 440. The summed E-state index contributed by atoms with van der Waals surface area (Å²) in [6, 6.07) is 0. The van der Waals surface area contributed by atoms with Crippen molar-refractivity contribution in [2.45, 2.75) is 244 Å². The van der Waals surface area contributed by atoms with E-state index in [1.807, 2.05) is 0 Å². The molecule has 0 bridgehead atoms. The van der Waals surface area contributed by atoms with E-state index in [2.05, 4.69) is 27.7 Å². The number of unbranched alkanes of at least 4 members (excludes halogenated alkanes) is 27. The van der Waals surface area contributed by atoms with Gasteiger partial charge in [-0.25, -0.2) is 0 Å². The minimum absolute atomic E-state index is 0. The van der Waals surface area contributed by atoms with Gasteiger partial charge < -0.3 is 6.15 Å². The molecule has 0 heterocycles. The maximum atomic E-state index is 7.53. The third-order valence-corrected chi connectivity index (χ3v) is 10.5. The average Bonchev–Trinajstić information content (AvgIpc) is 2.96. The van der Waals surface area contributed by atoms with Crippen molar-refractivity contribution in [3.8, 4) is 0 Å². The van der Waals surface area contributed by atoms with Gasteiger partial charge in [0.25, 0.3) is 0 Å². The molecule has 0 aliphatic heterocycles. The molecular formula is C39H82ClN. The van der Waals surface area contributed by atoms with Gasteiger partial charge >= 0.3 is 0 Å². The number of halogens is 1. The van der Waals surface area contributed by atoms with E-state index in [0.717, 1.165) is 0 Å². The lowest BCUT2D eigenvalue weighted by molar-refractivity contribution is 0.304. The summed E-state index contributed by atoms with van der Waals surface area (Å²) in [6.45, 7) is 9.43. The van der Waals surface area contributed by atoms with E-state index in [-0.39, 0.29) is 11.0 Å².